The van der Waals surface area contributed by atoms with Crippen LogP contribution in [0.4, 0.5) is 0 Å². The van der Waals surface area contributed by atoms with Crippen molar-refractivity contribution in [2.24, 2.45) is 39.4 Å². The first-order valence-electron chi connectivity index (χ1n) is 13.8. The highest BCUT2D eigenvalue weighted by Gasteiger charge is 2.74. The zero-order chi connectivity index (χ0) is 28.1. The predicted molar refractivity (Wildman–Crippen MR) is 138 cm³/mol. The lowest BCUT2D eigenvalue weighted by atomic mass is 9.38. The number of rotatable bonds is 5. The summed E-state index contributed by atoms with van der Waals surface area (Å²) in [4.78, 5) is 40.4. The Hall–Kier alpha value is -1.41. The maximum atomic E-state index is 14.2. The molecule has 0 aromatic rings. The van der Waals surface area contributed by atoms with E-state index >= 15 is 0 Å². The molecule has 1 unspecified atom stereocenters. The van der Waals surface area contributed by atoms with Crippen LogP contribution in [0, 0.1) is 39.4 Å². The molecule has 4 aliphatic rings. The van der Waals surface area contributed by atoms with E-state index in [9.17, 15) is 34.8 Å². The summed E-state index contributed by atoms with van der Waals surface area (Å²) < 4.78 is 0. The smallest absolute Gasteiger partial charge is 0.164 e. The molecule has 3 saturated carbocycles. The van der Waals surface area contributed by atoms with Crippen LogP contribution in [0.1, 0.15) is 93.9 Å². The number of hydrogen-bond donors (Lipinski definition) is 4. The van der Waals surface area contributed by atoms with E-state index in [2.05, 4.69) is 13.0 Å². The highest BCUT2D eigenvalue weighted by molar-refractivity contribution is 5.93. The lowest BCUT2D eigenvalue weighted by Crippen LogP contribution is -2.65. The third kappa shape index (κ3) is 3.78. The molecule has 0 amide bonds. The molecule has 7 heteroatoms. The molecule has 4 rings (SSSR count). The zero-order valence-corrected chi connectivity index (χ0v) is 23.7. The molecule has 0 aliphatic heterocycles. The van der Waals surface area contributed by atoms with Gasteiger partial charge < -0.3 is 20.4 Å². The molecule has 3 fully saturated rings. The summed E-state index contributed by atoms with van der Waals surface area (Å²) in [5.41, 5.74) is -5.00. The average molecular weight is 519 g/mol. The summed E-state index contributed by atoms with van der Waals surface area (Å²) in [5.74, 6) is -2.05. The molecule has 208 valence electrons. The molecule has 0 spiro atoms. The quantitative estimate of drug-likeness (QED) is 0.411. The Bertz CT molecular complexity index is 1050. The average Bonchev–Trinajstić information content (AvgIpc) is 2.96. The van der Waals surface area contributed by atoms with E-state index in [0.29, 0.717) is 12.8 Å². The van der Waals surface area contributed by atoms with Gasteiger partial charge in [0.2, 0.25) is 0 Å². The standard InChI is InChI=1S/C30H46O7/c1-25(2,36)12-11-21(33)30(8,37)23-19(32)14-27(5)20-10-9-16-17(13-18(31)24(35)26(16,3)4)29(20,7)22(34)15-28(23,27)6/h9,17,19-20,23-24,32,35-37H,10-15H2,1-8H3/t17-,19-,20+,23+,24-,27+,28-,29+,30?/m1/s1. The second kappa shape index (κ2) is 8.30. The molecular weight excluding hydrogens is 472 g/mol. The third-order valence-electron chi connectivity index (χ3n) is 11.6. The van der Waals surface area contributed by atoms with Gasteiger partial charge in [-0.2, -0.15) is 0 Å². The van der Waals surface area contributed by atoms with Crippen molar-refractivity contribution in [2.45, 2.75) is 117 Å². The normalized spacial score (nSPS) is 44.9. The minimum absolute atomic E-state index is 0.00750. The molecule has 4 N–H and O–H groups in total. The number of aliphatic hydroxyl groups excluding tert-OH is 2. The Kier molecular flexibility index (Phi) is 6.41. The van der Waals surface area contributed by atoms with Gasteiger partial charge in [0.25, 0.3) is 0 Å². The molecule has 4 aliphatic carbocycles. The van der Waals surface area contributed by atoms with Crippen LogP contribution in [0.25, 0.3) is 0 Å². The van der Waals surface area contributed by atoms with Crippen LogP contribution in [0.15, 0.2) is 11.6 Å². The van der Waals surface area contributed by atoms with Gasteiger partial charge in [-0.05, 0) is 62.7 Å². The van der Waals surface area contributed by atoms with E-state index in [0.717, 1.165) is 5.57 Å². The molecule has 7 nitrogen and oxygen atoms in total. The number of ketones is 3. The molecule has 0 aromatic carbocycles. The van der Waals surface area contributed by atoms with Crippen LogP contribution in [0.2, 0.25) is 0 Å². The Morgan fingerprint density at radius 1 is 1.03 bits per heavy atom. The van der Waals surface area contributed by atoms with Gasteiger partial charge in [0.05, 0.1) is 11.7 Å². The fraction of sp³-hybridized carbons (Fsp3) is 0.833. The maximum Gasteiger partial charge on any atom is 0.164 e. The van der Waals surface area contributed by atoms with Gasteiger partial charge in [-0.3, -0.25) is 14.4 Å². The second-order valence-electron chi connectivity index (χ2n) is 14.6. The van der Waals surface area contributed by atoms with E-state index in [1.807, 2.05) is 27.7 Å². The van der Waals surface area contributed by atoms with Crippen molar-refractivity contribution in [3.05, 3.63) is 11.6 Å². The van der Waals surface area contributed by atoms with Crippen LogP contribution in [0.5, 0.6) is 0 Å². The van der Waals surface area contributed by atoms with Crippen molar-refractivity contribution in [1.82, 2.24) is 0 Å². The van der Waals surface area contributed by atoms with Crippen molar-refractivity contribution < 1.29 is 34.8 Å². The first-order valence-corrected chi connectivity index (χ1v) is 13.8. The van der Waals surface area contributed by atoms with Crippen LogP contribution < -0.4 is 0 Å². The lowest BCUT2D eigenvalue weighted by molar-refractivity contribution is -0.184. The van der Waals surface area contributed by atoms with Crippen LogP contribution >= 0.6 is 0 Å². The molecule has 37 heavy (non-hydrogen) atoms. The molecule has 0 radical (unpaired) electrons. The van der Waals surface area contributed by atoms with Crippen molar-refractivity contribution >= 4 is 17.3 Å². The predicted octanol–water partition coefficient (Wildman–Crippen LogP) is 3.15. The fourth-order valence-electron chi connectivity index (χ4n) is 9.20. The first-order chi connectivity index (χ1) is 16.7. The van der Waals surface area contributed by atoms with Crippen LogP contribution in [-0.2, 0) is 14.4 Å². The largest absolute Gasteiger partial charge is 0.393 e. The molecule has 0 heterocycles. The highest BCUT2D eigenvalue weighted by Crippen LogP contribution is 2.74. The van der Waals surface area contributed by atoms with Gasteiger partial charge in [-0.15, -0.1) is 0 Å². The van der Waals surface area contributed by atoms with E-state index in [1.54, 1.807) is 13.8 Å². The summed E-state index contributed by atoms with van der Waals surface area (Å²) in [6.45, 7) is 14.4. The summed E-state index contributed by atoms with van der Waals surface area (Å²) in [7, 11) is 0. The highest BCUT2D eigenvalue weighted by atomic mass is 16.3. The first kappa shape index (κ1) is 28.6. The monoisotopic (exact) mass is 518 g/mol. The molecular formula is C30H46O7. The van der Waals surface area contributed by atoms with E-state index < -0.39 is 56.8 Å². The summed E-state index contributed by atoms with van der Waals surface area (Å²) >= 11 is 0. The number of fused-ring (bicyclic) bond motifs is 5. The number of carbonyl (C=O) groups is 3. The number of Topliss-reactive ketones (excluding diaryl/α,β-unsaturated/α-hetero) is 3. The van der Waals surface area contributed by atoms with Gasteiger partial charge in [0.1, 0.15) is 17.5 Å². The van der Waals surface area contributed by atoms with Crippen molar-refractivity contribution in [3.63, 3.8) is 0 Å². The Morgan fingerprint density at radius 3 is 2.19 bits per heavy atom. The summed E-state index contributed by atoms with van der Waals surface area (Å²) in [5, 5.41) is 43.9. The van der Waals surface area contributed by atoms with Gasteiger partial charge in [-0.25, -0.2) is 0 Å². The molecule has 0 aromatic heterocycles. The number of allylic oxidation sites excluding steroid dienone is 1. The van der Waals surface area contributed by atoms with E-state index in [-0.39, 0.29) is 49.1 Å². The van der Waals surface area contributed by atoms with Crippen LogP contribution in [-0.4, -0.2) is 61.2 Å². The van der Waals surface area contributed by atoms with Gasteiger partial charge in [-0.1, -0.05) is 46.3 Å². The molecule has 9 atom stereocenters. The Labute approximate surface area is 220 Å². The van der Waals surface area contributed by atoms with E-state index in [1.165, 1.54) is 6.92 Å². The van der Waals surface area contributed by atoms with Crippen molar-refractivity contribution in [2.75, 3.05) is 0 Å². The Balaban J connectivity index is 1.77. The fourth-order valence-corrected chi connectivity index (χ4v) is 9.20. The number of aliphatic hydroxyl groups is 4. The van der Waals surface area contributed by atoms with Gasteiger partial charge >= 0.3 is 0 Å². The second-order valence-corrected chi connectivity index (χ2v) is 14.6. The molecule has 0 saturated heterocycles. The number of hydrogen-bond acceptors (Lipinski definition) is 7. The van der Waals surface area contributed by atoms with Gasteiger partial charge in [0.15, 0.2) is 11.6 Å². The van der Waals surface area contributed by atoms with Crippen molar-refractivity contribution in [3.8, 4) is 0 Å². The Morgan fingerprint density at radius 2 is 1.62 bits per heavy atom. The lowest BCUT2D eigenvalue weighted by Gasteiger charge is -2.64. The van der Waals surface area contributed by atoms with Crippen LogP contribution in [0.3, 0.4) is 0 Å². The maximum absolute atomic E-state index is 14.2. The van der Waals surface area contributed by atoms with Crippen molar-refractivity contribution in [1.29, 1.82) is 0 Å². The zero-order valence-electron chi connectivity index (χ0n) is 23.7. The SMILES string of the molecule is CC(C)(O)CCC(=O)C(C)(O)[C@H]1[C@H](O)C[C@@]2(C)[C@@H]3CC=C4[C@@H](CC(=O)[C@@H](O)C4(C)C)[C@]3(C)C(=O)C[C@]12C. The third-order valence-corrected chi connectivity index (χ3v) is 11.6. The topological polar surface area (TPSA) is 132 Å². The minimum Gasteiger partial charge on any atom is -0.393 e. The minimum atomic E-state index is -1.87. The van der Waals surface area contributed by atoms with Gasteiger partial charge in [0, 0.05) is 36.0 Å². The number of carbonyl (C=O) groups excluding carboxylic acids is 3. The summed E-state index contributed by atoms with van der Waals surface area (Å²) in [6.07, 6.45) is 1.28. The molecule has 0 bridgehead atoms. The van der Waals surface area contributed by atoms with E-state index in [4.69, 9.17) is 0 Å². The summed E-state index contributed by atoms with van der Waals surface area (Å²) in [6, 6.07) is 0.